The highest BCUT2D eigenvalue weighted by atomic mass is 16.5. The van der Waals surface area contributed by atoms with Gasteiger partial charge in [-0.2, -0.15) is 10.4 Å². The van der Waals surface area contributed by atoms with Gasteiger partial charge in [0.25, 0.3) is 5.91 Å². The number of aryl methyl sites for hydroxylation is 1. The molecule has 8 heteroatoms. The number of aromatic nitrogens is 2. The third kappa shape index (κ3) is 4.35. The maximum absolute atomic E-state index is 11.8. The van der Waals surface area contributed by atoms with E-state index in [0.29, 0.717) is 36.3 Å². The number of rotatable bonds is 8. The van der Waals surface area contributed by atoms with Gasteiger partial charge in [0.05, 0.1) is 17.3 Å². The molecule has 0 aliphatic heterocycles. The van der Waals surface area contributed by atoms with E-state index >= 15 is 0 Å². The molecule has 0 radical (unpaired) electrons. The Balaban J connectivity index is 2.28. The summed E-state index contributed by atoms with van der Waals surface area (Å²) in [4.78, 5) is 22.1. The normalized spacial score (nSPS) is 9.96. The Morgan fingerprint density at radius 2 is 2.04 bits per heavy atom. The summed E-state index contributed by atoms with van der Waals surface area (Å²) in [5, 5.41) is 13.3. The van der Waals surface area contributed by atoms with Crippen molar-refractivity contribution in [2.45, 2.75) is 33.2 Å². The van der Waals surface area contributed by atoms with Crippen LogP contribution in [-0.2, 0) is 29.0 Å². The molecule has 1 heterocycles. The van der Waals surface area contributed by atoms with Crippen LogP contribution in [0.5, 0.6) is 11.5 Å². The quantitative estimate of drug-likeness (QED) is 0.558. The van der Waals surface area contributed by atoms with E-state index in [1.807, 2.05) is 13.8 Å². The first-order valence-corrected chi connectivity index (χ1v) is 7.87. The van der Waals surface area contributed by atoms with Crippen LogP contribution in [-0.4, -0.2) is 22.1 Å². The van der Waals surface area contributed by atoms with Gasteiger partial charge in [0.1, 0.15) is 18.0 Å². The van der Waals surface area contributed by atoms with Crippen LogP contribution >= 0.6 is 0 Å². The lowest BCUT2D eigenvalue weighted by molar-refractivity contribution is -0.125. The van der Waals surface area contributed by atoms with Crippen molar-refractivity contribution < 1.29 is 14.3 Å². The van der Waals surface area contributed by atoms with Crippen LogP contribution < -0.4 is 15.6 Å². The summed E-state index contributed by atoms with van der Waals surface area (Å²) in [5.41, 5.74) is 6.43. The number of benzene rings is 1. The minimum atomic E-state index is -0.392. The molecule has 0 saturated heterocycles. The van der Waals surface area contributed by atoms with Crippen LogP contribution in [0.4, 0.5) is 0 Å². The van der Waals surface area contributed by atoms with Crippen molar-refractivity contribution in [1.29, 1.82) is 5.26 Å². The van der Waals surface area contributed by atoms with E-state index in [2.05, 4.69) is 22.0 Å². The molecule has 0 unspecified atom stereocenters. The maximum atomic E-state index is 11.8. The number of nitriles is 1. The Hall–Kier alpha value is -3.34. The van der Waals surface area contributed by atoms with Gasteiger partial charge in [0.2, 0.25) is 6.41 Å². The molecule has 25 heavy (non-hydrogen) atoms. The first-order chi connectivity index (χ1) is 12.1. The smallest absolute Gasteiger partial charge is 0.260 e. The summed E-state index contributed by atoms with van der Waals surface area (Å²) >= 11 is 0. The monoisotopic (exact) mass is 341 g/mol. The number of nitrogens with one attached hydrogen (secondary N) is 2. The predicted molar refractivity (Wildman–Crippen MR) is 89.6 cm³/mol. The van der Waals surface area contributed by atoms with Gasteiger partial charge >= 0.3 is 0 Å². The summed E-state index contributed by atoms with van der Waals surface area (Å²) in [6.45, 7) is 3.86. The molecule has 2 N–H and O–H groups in total. The average molecular weight is 341 g/mol. The lowest BCUT2D eigenvalue weighted by Gasteiger charge is -2.09. The predicted octanol–water partition coefficient (Wildman–Crippen LogP) is 1.45. The summed E-state index contributed by atoms with van der Waals surface area (Å²) in [5.74, 6) is 0.817. The highest BCUT2D eigenvalue weighted by Crippen LogP contribution is 2.30. The van der Waals surface area contributed by atoms with Gasteiger partial charge in [-0.3, -0.25) is 25.1 Å². The van der Waals surface area contributed by atoms with Gasteiger partial charge in [-0.1, -0.05) is 13.8 Å². The van der Waals surface area contributed by atoms with Crippen molar-refractivity contribution in [3.05, 3.63) is 41.2 Å². The molecule has 2 aromatic rings. The van der Waals surface area contributed by atoms with Crippen molar-refractivity contribution in [1.82, 2.24) is 20.6 Å². The summed E-state index contributed by atoms with van der Waals surface area (Å²) in [7, 11) is 0. The fourth-order valence-electron chi connectivity index (χ4n) is 2.36. The lowest BCUT2D eigenvalue weighted by atomic mass is 10.2. The third-order valence-electron chi connectivity index (χ3n) is 3.51. The molecular weight excluding hydrogens is 322 g/mol. The van der Waals surface area contributed by atoms with Crippen LogP contribution in [0, 0.1) is 11.3 Å². The number of hydrogen-bond donors (Lipinski definition) is 2. The topological polar surface area (TPSA) is 109 Å². The van der Waals surface area contributed by atoms with E-state index in [9.17, 15) is 9.59 Å². The molecule has 0 aliphatic carbocycles. The van der Waals surface area contributed by atoms with Crippen molar-refractivity contribution in [2.24, 2.45) is 0 Å². The highest BCUT2D eigenvalue weighted by molar-refractivity contribution is 5.76. The molecule has 0 bridgehead atoms. The third-order valence-corrected chi connectivity index (χ3v) is 3.51. The van der Waals surface area contributed by atoms with Crippen molar-refractivity contribution >= 4 is 12.3 Å². The molecule has 0 saturated carbocycles. The number of amides is 2. The summed E-state index contributed by atoms with van der Waals surface area (Å²) in [6, 6.07) is 8.85. The molecule has 0 atom stereocenters. The Morgan fingerprint density at radius 1 is 1.32 bits per heavy atom. The number of hydrogen-bond acceptors (Lipinski definition) is 5. The number of hydrazine groups is 1. The van der Waals surface area contributed by atoms with Crippen LogP contribution in [0.3, 0.4) is 0 Å². The Kier molecular flexibility index (Phi) is 6.12. The first-order valence-electron chi connectivity index (χ1n) is 7.87. The standard InChI is InChI=1S/C17H19N5O3/c1-3-14-17(25-13-7-5-12(9-18)6-8-13)15(4-2)22(21-14)10-16(24)20-19-11-23/h5-8,11H,3-4,10H2,1-2H3,(H,19,23)(H,20,24). The van der Waals surface area contributed by atoms with Gasteiger partial charge in [-0.25, -0.2) is 0 Å². The van der Waals surface area contributed by atoms with Crippen molar-refractivity contribution in [2.75, 3.05) is 0 Å². The Labute approximate surface area is 145 Å². The van der Waals surface area contributed by atoms with E-state index in [0.717, 1.165) is 11.4 Å². The van der Waals surface area contributed by atoms with Crippen LogP contribution in [0.1, 0.15) is 30.8 Å². The number of carbonyl (C=O) groups excluding carboxylic acids is 2. The zero-order valence-electron chi connectivity index (χ0n) is 14.1. The summed E-state index contributed by atoms with van der Waals surface area (Å²) < 4.78 is 7.54. The van der Waals surface area contributed by atoms with Gasteiger partial charge in [-0.15, -0.1) is 0 Å². The summed E-state index contributed by atoms with van der Waals surface area (Å²) in [6.07, 6.45) is 1.64. The van der Waals surface area contributed by atoms with E-state index in [-0.39, 0.29) is 6.54 Å². The molecule has 1 aromatic heterocycles. The SMILES string of the molecule is CCc1nn(CC(=O)NNC=O)c(CC)c1Oc1ccc(C#N)cc1. The first kappa shape index (κ1) is 18.0. The molecule has 0 spiro atoms. The molecule has 8 nitrogen and oxygen atoms in total. The molecular formula is C17H19N5O3. The minimum absolute atomic E-state index is 0.0340. The fraction of sp³-hybridized carbons (Fsp3) is 0.294. The maximum Gasteiger partial charge on any atom is 0.260 e. The molecule has 0 fully saturated rings. The molecule has 1 aromatic carbocycles. The molecule has 2 amide bonds. The number of carbonyl (C=O) groups is 2. The van der Waals surface area contributed by atoms with E-state index in [4.69, 9.17) is 10.00 Å². The zero-order chi connectivity index (χ0) is 18.2. The van der Waals surface area contributed by atoms with Crippen LogP contribution in [0.15, 0.2) is 24.3 Å². The van der Waals surface area contributed by atoms with E-state index in [1.54, 1.807) is 28.9 Å². The number of ether oxygens (including phenoxy) is 1. The van der Waals surface area contributed by atoms with Gasteiger partial charge in [0.15, 0.2) is 5.75 Å². The second-order valence-corrected chi connectivity index (χ2v) is 5.14. The lowest BCUT2D eigenvalue weighted by Crippen LogP contribution is -2.38. The van der Waals surface area contributed by atoms with Gasteiger partial charge < -0.3 is 4.74 Å². The molecule has 0 aliphatic rings. The van der Waals surface area contributed by atoms with Crippen LogP contribution in [0.2, 0.25) is 0 Å². The zero-order valence-corrected chi connectivity index (χ0v) is 14.1. The minimum Gasteiger partial charge on any atom is -0.453 e. The highest BCUT2D eigenvalue weighted by Gasteiger charge is 2.19. The second kappa shape index (κ2) is 8.49. The van der Waals surface area contributed by atoms with E-state index < -0.39 is 5.91 Å². The Bertz CT molecular complexity index is 790. The van der Waals surface area contributed by atoms with Crippen LogP contribution in [0.25, 0.3) is 0 Å². The number of nitrogens with zero attached hydrogens (tertiary/aromatic N) is 3. The largest absolute Gasteiger partial charge is 0.453 e. The van der Waals surface area contributed by atoms with E-state index in [1.165, 1.54) is 0 Å². The van der Waals surface area contributed by atoms with Gasteiger partial charge in [0, 0.05) is 0 Å². The van der Waals surface area contributed by atoms with Crippen molar-refractivity contribution in [3.8, 4) is 17.6 Å². The Morgan fingerprint density at radius 3 is 2.60 bits per heavy atom. The van der Waals surface area contributed by atoms with Gasteiger partial charge in [-0.05, 0) is 37.1 Å². The fourth-order valence-corrected chi connectivity index (χ4v) is 2.36. The van der Waals surface area contributed by atoms with Crippen molar-refractivity contribution in [3.63, 3.8) is 0 Å². The second-order valence-electron chi connectivity index (χ2n) is 5.14. The molecule has 2 rings (SSSR count). The average Bonchev–Trinajstić information content (AvgIpc) is 2.96. The molecule has 130 valence electrons.